The predicted octanol–water partition coefficient (Wildman–Crippen LogP) is 7.04. The zero-order valence-electron chi connectivity index (χ0n) is 17.4. The number of amides is 1. The molecule has 1 aliphatic carbocycles. The molecule has 5 rings (SSSR count). The Labute approximate surface area is 199 Å². The number of aliphatic imine (C=N–C) groups is 1. The van der Waals surface area contributed by atoms with E-state index in [-0.39, 0.29) is 11.9 Å². The van der Waals surface area contributed by atoms with E-state index in [4.69, 9.17) is 9.41 Å². The van der Waals surface area contributed by atoms with Gasteiger partial charge in [0, 0.05) is 28.4 Å². The van der Waals surface area contributed by atoms with E-state index in [0.29, 0.717) is 10.7 Å². The van der Waals surface area contributed by atoms with Gasteiger partial charge in [0.05, 0.1) is 16.8 Å². The number of furan rings is 1. The van der Waals surface area contributed by atoms with E-state index in [9.17, 15) is 4.79 Å². The van der Waals surface area contributed by atoms with Gasteiger partial charge in [0.2, 0.25) is 0 Å². The maximum atomic E-state index is 13.4. The molecular formula is C25H22BrN3O2S. The van der Waals surface area contributed by atoms with Crippen LogP contribution in [0.3, 0.4) is 0 Å². The maximum absolute atomic E-state index is 13.4. The van der Waals surface area contributed by atoms with Crippen LogP contribution in [0.25, 0.3) is 17.4 Å². The van der Waals surface area contributed by atoms with E-state index in [1.165, 1.54) is 18.2 Å². The van der Waals surface area contributed by atoms with Crippen molar-refractivity contribution in [1.82, 2.24) is 9.88 Å². The Bertz CT molecular complexity index is 1170. The molecule has 1 amide bonds. The Kier molecular flexibility index (Phi) is 6.28. The summed E-state index contributed by atoms with van der Waals surface area (Å²) in [6, 6.07) is 15.8. The molecule has 1 saturated heterocycles. The topological polar surface area (TPSA) is 58.7 Å². The van der Waals surface area contributed by atoms with Crippen LogP contribution in [-0.2, 0) is 4.79 Å². The van der Waals surface area contributed by atoms with Crippen molar-refractivity contribution in [2.45, 2.75) is 38.1 Å². The van der Waals surface area contributed by atoms with Gasteiger partial charge in [0.1, 0.15) is 11.5 Å². The van der Waals surface area contributed by atoms with Crippen LogP contribution in [0.4, 0.5) is 5.69 Å². The minimum atomic E-state index is 0.00568. The quantitative estimate of drug-likeness (QED) is 0.355. The maximum Gasteiger partial charge on any atom is 0.267 e. The molecule has 0 spiro atoms. The van der Waals surface area contributed by atoms with Crippen molar-refractivity contribution in [3.8, 4) is 11.3 Å². The number of nitrogens with zero attached hydrogens (tertiary/aromatic N) is 3. The lowest BCUT2D eigenvalue weighted by Crippen LogP contribution is -2.40. The Morgan fingerprint density at radius 2 is 1.91 bits per heavy atom. The van der Waals surface area contributed by atoms with Crippen molar-refractivity contribution in [3.63, 3.8) is 0 Å². The summed E-state index contributed by atoms with van der Waals surface area (Å²) in [5.74, 6) is 1.43. The fourth-order valence-corrected chi connectivity index (χ4v) is 5.39. The summed E-state index contributed by atoms with van der Waals surface area (Å²) in [5, 5.41) is 0.723. The monoisotopic (exact) mass is 507 g/mol. The second-order valence-corrected chi connectivity index (χ2v) is 9.82. The lowest BCUT2D eigenvalue weighted by atomic mass is 9.94. The first-order valence-electron chi connectivity index (χ1n) is 10.7. The van der Waals surface area contributed by atoms with Crippen LogP contribution in [0.1, 0.15) is 37.9 Å². The Morgan fingerprint density at radius 1 is 1.09 bits per heavy atom. The van der Waals surface area contributed by atoms with E-state index in [1.807, 2.05) is 59.5 Å². The molecule has 1 aromatic carbocycles. The molecule has 0 N–H and O–H groups in total. The number of amidine groups is 1. The summed E-state index contributed by atoms with van der Waals surface area (Å²) in [4.78, 5) is 24.9. The van der Waals surface area contributed by atoms with Gasteiger partial charge in [-0.25, -0.2) is 4.99 Å². The summed E-state index contributed by atoms with van der Waals surface area (Å²) in [6.07, 6.45) is 10.8. The summed E-state index contributed by atoms with van der Waals surface area (Å²) in [7, 11) is 0. The molecule has 5 nitrogen and oxygen atoms in total. The number of hydrogen-bond acceptors (Lipinski definition) is 5. The molecule has 7 heteroatoms. The first kappa shape index (κ1) is 21.2. The number of carbonyl (C=O) groups is 1. The molecule has 162 valence electrons. The normalized spacial score (nSPS) is 19.9. The minimum absolute atomic E-state index is 0.00568. The van der Waals surface area contributed by atoms with Gasteiger partial charge in [-0.15, -0.1) is 0 Å². The van der Waals surface area contributed by atoms with E-state index >= 15 is 0 Å². The number of halogens is 1. The van der Waals surface area contributed by atoms with E-state index in [0.717, 1.165) is 52.3 Å². The molecule has 3 aromatic rings. The van der Waals surface area contributed by atoms with Crippen molar-refractivity contribution >= 4 is 50.5 Å². The molecule has 1 saturated carbocycles. The summed E-state index contributed by atoms with van der Waals surface area (Å²) >= 11 is 4.87. The highest BCUT2D eigenvalue weighted by atomic mass is 79.9. The third-order valence-corrected chi connectivity index (χ3v) is 7.19. The summed E-state index contributed by atoms with van der Waals surface area (Å²) in [5.41, 5.74) is 1.74. The molecule has 2 aromatic heterocycles. The smallest absolute Gasteiger partial charge is 0.267 e. The number of thioether (sulfide) groups is 1. The van der Waals surface area contributed by atoms with Gasteiger partial charge in [-0.3, -0.25) is 14.7 Å². The molecule has 3 heterocycles. The second kappa shape index (κ2) is 9.46. The molecular weight excluding hydrogens is 486 g/mol. The zero-order valence-corrected chi connectivity index (χ0v) is 19.8. The fourth-order valence-electron chi connectivity index (χ4n) is 4.09. The summed E-state index contributed by atoms with van der Waals surface area (Å²) < 4.78 is 7.05. The number of carbonyl (C=O) groups excluding carboxylic acids is 1. The highest BCUT2D eigenvalue weighted by Crippen LogP contribution is 2.39. The number of pyridine rings is 1. The van der Waals surface area contributed by atoms with Crippen molar-refractivity contribution in [1.29, 1.82) is 0 Å². The SMILES string of the molecule is O=C1/C(=C\c2ccc(-c3ccc(Br)cc3)o2)SC(=Nc2cccnc2)N1C1CCCCC1. The minimum Gasteiger partial charge on any atom is -0.457 e. The lowest BCUT2D eigenvalue weighted by molar-refractivity contribution is -0.124. The number of rotatable bonds is 4. The first-order valence-corrected chi connectivity index (χ1v) is 12.4. The average molecular weight is 508 g/mol. The highest BCUT2D eigenvalue weighted by molar-refractivity contribution is 9.10. The van der Waals surface area contributed by atoms with Crippen molar-refractivity contribution in [3.05, 3.63) is 76.1 Å². The van der Waals surface area contributed by atoms with Crippen LogP contribution in [0.5, 0.6) is 0 Å². The van der Waals surface area contributed by atoms with Crippen LogP contribution in [0, 0.1) is 0 Å². The van der Waals surface area contributed by atoms with Crippen LogP contribution < -0.4 is 0 Å². The van der Waals surface area contributed by atoms with Crippen molar-refractivity contribution in [2.24, 2.45) is 4.99 Å². The van der Waals surface area contributed by atoms with Gasteiger partial charge in [0.15, 0.2) is 5.17 Å². The molecule has 32 heavy (non-hydrogen) atoms. The van der Waals surface area contributed by atoms with E-state index < -0.39 is 0 Å². The molecule has 0 bridgehead atoms. The van der Waals surface area contributed by atoms with Gasteiger partial charge in [-0.2, -0.15) is 0 Å². The van der Waals surface area contributed by atoms with Crippen LogP contribution in [0.2, 0.25) is 0 Å². The van der Waals surface area contributed by atoms with E-state index in [2.05, 4.69) is 20.9 Å². The number of hydrogen-bond donors (Lipinski definition) is 0. The van der Waals surface area contributed by atoms with Crippen molar-refractivity contribution < 1.29 is 9.21 Å². The first-order chi connectivity index (χ1) is 15.7. The zero-order chi connectivity index (χ0) is 21.9. The van der Waals surface area contributed by atoms with Gasteiger partial charge in [0.25, 0.3) is 5.91 Å². The number of aromatic nitrogens is 1. The van der Waals surface area contributed by atoms with Gasteiger partial charge in [-0.05, 0) is 61.0 Å². The second-order valence-electron chi connectivity index (χ2n) is 7.89. The summed E-state index contributed by atoms with van der Waals surface area (Å²) in [6.45, 7) is 0. The van der Waals surface area contributed by atoms with Gasteiger partial charge < -0.3 is 4.42 Å². The number of benzene rings is 1. The van der Waals surface area contributed by atoms with Gasteiger partial charge >= 0.3 is 0 Å². The Hall–Kier alpha value is -2.64. The Balaban J connectivity index is 1.45. The molecule has 0 unspecified atom stereocenters. The van der Waals surface area contributed by atoms with Gasteiger partial charge in [-0.1, -0.05) is 47.3 Å². The third kappa shape index (κ3) is 4.59. The molecule has 0 radical (unpaired) electrons. The molecule has 1 aliphatic heterocycles. The average Bonchev–Trinajstić information content (AvgIpc) is 3.40. The predicted molar refractivity (Wildman–Crippen MR) is 132 cm³/mol. The molecule has 2 fully saturated rings. The third-order valence-electron chi connectivity index (χ3n) is 5.68. The van der Waals surface area contributed by atoms with Crippen molar-refractivity contribution in [2.75, 3.05) is 0 Å². The largest absolute Gasteiger partial charge is 0.457 e. The molecule has 2 aliphatic rings. The van der Waals surface area contributed by atoms with Crippen LogP contribution in [0.15, 0.2) is 79.7 Å². The van der Waals surface area contributed by atoms with Crippen LogP contribution >= 0.6 is 27.7 Å². The molecule has 0 atom stereocenters. The van der Waals surface area contributed by atoms with Crippen LogP contribution in [-0.4, -0.2) is 27.0 Å². The lowest BCUT2D eigenvalue weighted by Gasteiger charge is -2.30. The highest BCUT2D eigenvalue weighted by Gasteiger charge is 2.38. The fraction of sp³-hybridized carbons (Fsp3) is 0.240. The van der Waals surface area contributed by atoms with E-state index in [1.54, 1.807) is 12.4 Å². The Morgan fingerprint density at radius 3 is 2.66 bits per heavy atom. The standard InChI is InChI=1S/C25H22BrN3O2S/c26-18-10-8-17(9-11-18)22-13-12-21(31-22)15-23-24(30)29(20-6-2-1-3-7-20)25(32-23)28-19-5-4-14-27-16-19/h4-5,8-16,20H,1-3,6-7H2/b23-15+,28-25?.